The number of ether oxygens (including phenoxy) is 1. The molecular formula is C30H30FN7O3. The van der Waals surface area contributed by atoms with E-state index in [4.69, 9.17) is 9.84 Å². The predicted molar refractivity (Wildman–Crippen MR) is 151 cm³/mol. The smallest absolute Gasteiger partial charge is 0.410 e. The Labute approximate surface area is 235 Å². The number of nitrogens with zero attached hydrogens (tertiary/aromatic N) is 7. The molecule has 0 atom stereocenters. The Morgan fingerprint density at radius 1 is 0.951 bits per heavy atom. The van der Waals surface area contributed by atoms with Crippen LogP contribution >= 0.6 is 0 Å². The number of benzene rings is 2. The summed E-state index contributed by atoms with van der Waals surface area (Å²) in [5, 5.41) is 14.5. The molecule has 0 aliphatic carbocycles. The van der Waals surface area contributed by atoms with Crippen molar-refractivity contribution in [3.8, 4) is 17.2 Å². The molecule has 210 valence electrons. The van der Waals surface area contributed by atoms with Crippen molar-refractivity contribution in [2.75, 3.05) is 6.54 Å². The standard InChI is InChI=1S/C30H30FN7O3/c1-18-12-23(13-19(2)26(18)31)38-27(24-17-35(9-8-25(24)34-38)29(40)41-30(3,4)5)37-11-10-36(28(37)39)22-7-6-20-15-32-33-16-21(20)14-22/h6-7,10-16H,8-9,17H2,1-5H3. The summed E-state index contributed by atoms with van der Waals surface area (Å²) in [6.45, 7) is 9.51. The van der Waals surface area contributed by atoms with Crippen LogP contribution < -0.4 is 5.69 Å². The minimum absolute atomic E-state index is 0.213. The maximum atomic E-state index is 14.6. The molecular weight excluding hydrogens is 525 g/mol. The van der Waals surface area contributed by atoms with Crippen molar-refractivity contribution >= 4 is 16.9 Å². The highest BCUT2D eigenvalue weighted by Crippen LogP contribution is 2.30. The van der Waals surface area contributed by atoms with Gasteiger partial charge in [0.05, 0.1) is 36.0 Å². The average Bonchev–Trinajstić information content (AvgIpc) is 3.49. The second kappa shape index (κ2) is 9.69. The van der Waals surface area contributed by atoms with Gasteiger partial charge in [-0.05, 0) is 70.0 Å². The van der Waals surface area contributed by atoms with E-state index in [0.29, 0.717) is 41.3 Å². The van der Waals surface area contributed by atoms with Gasteiger partial charge in [0.2, 0.25) is 0 Å². The van der Waals surface area contributed by atoms with Crippen LogP contribution in [-0.2, 0) is 17.7 Å². The molecule has 0 saturated heterocycles. The fourth-order valence-corrected chi connectivity index (χ4v) is 5.18. The van der Waals surface area contributed by atoms with E-state index in [-0.39, 0.29) is 18.1 Å². The Bertz CT molecular complexity index is 1860. The second-order valence-corrected chi connectivity index (χ2v) is 11.3. The number of halogens is 1. The third-order valence-electron chi connectivity index (χ3n) is 7.14. The van der Waals surface area contributed by atoms with Crippen molar-refractivity contribution in [1.82, 2.24) is 34.0 Å². The number of hydrogen-bond acceptors (Lipinski definition) is 6. The quantitative estimate of drug-likeness (QED) is 0.317. The van der Waals surface area contributed by atoms with Crippen molar-refractivity contribution in [3.63, 3.8) is 0 Å². The summed E-state index contributed by atoms with van der Waals surface area (Å²) in [7, 11) is 0. The van der Waals surface area contributed by atoms with Gasteiger partial charge in [-0.2, -0.15) is 15.3 Å². The Kier molecular flexibility index (Phi) is 6.24. The molecule has 0 bridgehead atoms. The molecule has 2 aromatic carbocycles. The van der Waals surface area contributed by atoms with Gasteiger partial charge in [0.1, 0.15) is 17.2 Å². The molecule has 0 N–H and O–H groups in total. The number of imidazole rings is 1. The lowest BCUT2D eigenvalue weighted by Gasteiger charge is -2.29. The van der Waals surface area contributed by atoms with E-state index >= 15 is 0 Å². The molecule has 0 unspecified atom stereocenters. The fourth-order valence-electron chi connectivity index (χ4n) is 5.18. The molecule has 0 fully saturated rings. The van der Waals surface area contributed by atoms with E-state index in [1.54, 1.807) is 64.9 Å². The van der Waals surface area contributed by atoms with E-state index in [2.05, 4.69) is 10.2 Å². The summed E-state index contributed by atoms with van der Waals surface area (Å²) in [4.78, 5) is 28.6. The molecule has 4 heterocycles. The Hall–Kier alpha value is -4.80. The van der Waals surface area contributed by atoms with Crippen molar-refractivity contribution in [1.29, 1.82) is 0 Å². The highest BCUT2D eigenvalue weighted by Gasteiger charge is 2.32. The molecule has 11 heteroatoms. The summed E-state index contributed by atoms with van der Waals surface area (Å²) < 4.78 is 24.9. The lowest BCUT2D eigenvalue weighted by molar-refractivity contribution is 0.0223. The predicted octanol–water partition coefficient (Wildman–Crippen LogP) is 4.81. The van der Waals surface area contributed by atoms with Gasteiger partial charge in [0, 0.05) is 41.7 Å². The van der Waals surface area contributed by atoms with Crippen LogP contribution in [0.2, 0.25) is 0 Å². The molecule has 1 amide bonds. The molecule has 0 radical (unpaired) electrons. The lowest BCUT2D eigenvalue weighted by Crippen LogP contribution is -2.40. The van der Waals surface area contributed by atoms with Gasteiger partial charge in [0.25, 0.3) is 0 Å². The first kappa shape index (κ1) is 26.4. The number of carbonyl (C=O) groups excluding carboxylic acids is 1. The van der Waals surface area contributed by atoms with E-state index in [1.807, 2.05) is 39.0 Å². The van der Waals surface area contributed by atoms with Crippen LogP contribution in [0.4, 0.5) is 9.18 Å². The Morgan fingerprint density at radius 2 is 1.63 bits per heavy atom. The Balaban J connectivity index is 1.50. The van der Waals surface area contributed by atoms with Crippen LogP contribution in [0.5, 0.6) is 0 Å². The molecule has 41 heavy (non-hydrogen) atoms. The van der Waals surface area contributed by atoms with Crippen LogP contribution in [0.15, 0.2) is 59.9 Å². The van der Waals surface area contributed by atoms with Gasteiger partial charge in [-0.3, -0.25) is 9.13 Å². The van der Waals surface area contributed by atoms with Crippen LogP contribution in [-0.4, -0.2) is 52.3 Å². The second-order valence-electron chi connectivity index (χ2n) is 11.3. The van der Waals surface area contributed by atoms with E-state index in [0.717, 1.165) is 22.0 Å². The summed E-state index contributed by atoms with van der Waals surface area (Å²) in [5.74, 6) is 0.210. The van der Waals surface area contributed by atoms with Gasteiger partial charge >= 0.3 is 11.8 Å². The highest BCUT2D eigenvalue weighted by atomic mass is 19.1. The first-order valence-corrected chi connectivity index (χ1v) is 13.4. The van der Waals surface area contributed by atoms with Crippen molar-refractivity contribution < 1.29 is 13.9 Å². The van der Waals surface area contributed by atoms with Crippen LogP contribution in [0.3, 0.4) is 0 Å². The zero-order chi connectivity index (χ0) is 29.1. The van der Waals surface area contributed by atoms with E-state index in [9.17, 15) is 14.0 Å². The lowest BCUT2D eigenvalue weighted by atomic mass is 10.1. The number of amides is 1. The summed E-state index contributed by atoms with van der Waals surface area (Å²) in [6, 6.07) is 9.03. The van der Waals surface area contributed by atoms with Gasteiger partial charge in [0.15, 0.2) is 0 Å². The van der Waals surface area contributed by atoms with Crippen molar-refractivity contribution in [2.24, 2.45) is 0 Å². The summed E-state index contributed by atoms with van der Waals surface area (Å²) in [5.41, 5.74) is 2.77. The normalized spacial score (nSPS) is 13.5. The largest absolute Gasteiger partial charge is 0.444 e. The first-order chi connectivity index (χ1) is 19.5. The fraction of sp³-hybridized carbons (Fsp3) is 0.300. The molecule has 5 aromatic rings. The first-order valence-electron chi connectivity index (χ1n) is 13.4. The number of aromatic nitrogens is 6. The molecule has 0 saturated carbocycles. The van der Waals surface area contributed by atoms with Gasteiger partial charge in [-0.15, -0.1) is 0 Å². The van der Waals surface area contributed by atoms with Crippen LogP contribution in [0.25, 0.3) is 28.0 Å². The highest BCUT2D eigenvalue weighted by molar-refractivity contribution is 5.82. The van der Waals surface area contributed by atoms with Gasteiger partial charge in [-0.25, -0.2) is 18.7 Å². The number of hydrogen-bond donors (Lipinski definition) is 0. The van der Waals surface area contributed by atoms with Crippen molar-refractivity contribution in [2.45, 2.75) is 53.2 Å². The summed E-state index contributed by atoms with van der Waals surface area (Å²) >= 11 is 0. The zero-order valence-electron chi connectivity index (χ0n) is 23.6. The van der Waals surface area contributed by atoms with Gasteiger partial charge < -0.3 is 9.64 Å². The monoisotopic (exact) mass is 555 g/mol. The van der Waals surface area contributed by atoms with E-state index < -0.39 is 11.7 Å². The third kappa shape index (κ3) is 4.77. The SMILES string of the molecule is Cc1cc(-n2nc3c(c2-n2ccn(-c4ccc5cnncc5c4)c2=O)CN(C(=O)OC(C)(C)C)CC3)cc(C)c1F. The number of rotatable bonds is 3. The van der Waals surface area contributed by atoms with Crippen LogP contribution in [0, 0.1) is 19.7 Å². The third-order valence-corrected chi connectivity index (χ3v) is 7.14. The maximum Gasteiger partial charge on any atom is 0.410 e. The molecule has 1 aliphatic rings. The zero-order valence-corrected chi connectivity index (χ0v) is 23.6. The topological polar surface area (TPSA) is 100 Å². The molecule has 10 nitrogen and oxygen atoms in total. The molecule has 3 aromatic heterocycles. The minimum atomic E-state index is -0.646. The molecule has 0 spiro atoms. The number of fused-ring (bicyclic) bond motifs is 2. The Morgan fingerprint density at radius 3 is 2.34 bits per heavy atom. The number of aryl methyl sites for hydroxylation is 2. The number of carbonyl (C=O) groups is 1. The molecule has 6 rings (SSSR count). The van der Waals surface area contributed by atoms with Crippen molar-refractivity contribution in [3.05, 3.63) is 93.8 Å². The van der Waals surface area contributed by atoms with Gasteiger partial charge in [-0.1, -0.05) is 6.07 Å². The van der Waals surface area contributed by atoms with Crippen LogP contribution in [0.1, 0.15) is 43.2 Å². The maximum absolute atomic E-state index is 14.6. The average molecular weight is 556 g/mol. The minimum Gasteiger partial charge on any atom is -0.444 e. The van der Waals surface area contributed by atoms with E-state index in [1.165, 1.54) is 4.57 Å². The molecule has 1 aliphatic heterocycles. The summed E-state index contributed by atoms with van der Waals surface area (Å²) in [6.07, 6.45) is 6.74.